The number of piperazine rings is 1. The lowest BCUT2D eigenvalue weighted by Crippen LogP contribution is -2.48. The zero-order chi connectivity index (χ0) is 13.1. The second-order valence-electron chi connectivity index (χ2n) is 4.46. The normalized spacial score (nSPS) is 15.4. The minimum absolute atomic E-state index is 0.124. The topological polar surface area (TPSA) is 60.2 Å². The Labute approximate surface area is 107 Å². The van der Waals surface area contributed by atoms with E-state index in [0.717, 1.165) is 37.6 Å². The lowest BCUT2D eigenvalue weighted by Gasteiger charge is -2.35. The quantitative estimate of drug-likeness (QED) is 0.737. The maximum atomic E-state index is 11.2. The average Bonchev–Trinajstić information content (AvgIpc) is 2.38. The number of hydrogen-bond donors (Lipinski definition) is 0. The molecule has 0 N–H and O–H groups in total. The van der Waals surface area contributed by atoms with Crippen molar-refractivity contribution in [1.82, 2.24) is 9.88 Å². The number of carbonyl (C=O) groups excluding carboxylic acids is 1. The number of aryl methyl sites for hydroxylation is 1. The third kappa shape index (κ3) is 2.43. The molecule has 1 aliphatic rings. The van der Waals surface area contributed by atoms with Gasteiger partial charge in [-0.25, -0.2) is 4.98 Å². The Morgan fingerprint density at radius 2 is 2.06 bits per heavy atom. The van der Waals surface area contributed by atoms with Gasteiger partial charge in [-0.2, -0.15) is 5.26 Å². The first-order valence-corrected chi connectivity index (χ1v) is 5.99. The van der Waals surface area contributed by atoms with Crippen molar-refractivity contribution >= 4 is 11.7 Å². The monoisotopic (exact) mass is 244 g/mol. The number of carbonyl (C=O) groups is 1. The number of hydrogen-bond acceptors (Lipinski definition) is 4. The van der Waals surface area contributed by atoms with Gasteiger partial charge in [0.05, 0.1) is 5.56 Å². The first-order valence-electron chi connectivity index (χ1n) is 5.99. The van der Waals surface area contributed by atoms with Crippen molar-refractivity contribution in [2.75, 3.05) is 31.1 Å². The predicted octanol–water partition coefficient (Wildman–Crippen LogP) is 0.930. The van der Waals surface area contributed by atoms with E-state index < -0.39 is 0 Å². The van der Waals surface area contributed by atoms with Gasteiger partial charge in [0.1, 0.15) is 11.9 Å². The molecule has 2 heterocycles. The Hall–Kier alpha value is -2.09. The van der Waals surface area contributed by atoms with E-state index in [1.54, 1.807) is 13.1 Å². The number of aromatic nitrogens is 1. The fourth-order valence-electron chi connectivity index (χ4n) is 2.08. The summed E-state index contributed by atoms with van der Waals surface area (Å²) in [5, 5.41) is 8.87. The standard InChI is InChI=1S/C13H16N4O/c1-10-7-13(15-9-12(10)8-14)17-5-3-16(4-6-17)11(2)18/h7,9H,3-6H2,1-2H3. The molecule has 1 amide bonds. The summed E-state index contributed by atoms with van der Waals surface area (Å²) in [6.45, 7) is 6.55. The first kappa shape index (κ1) is 12.4. The van der Waals surface area contributed by atoms with Crippen LogP contribution in [0.5, 0.6) is 0 Å². The molecule has 1 saturated heterocycles. The van der Waals surface area contributed by atoms with Gasteiger partial charge in [-0.05, 0) is 18.6 Å². The van der Waals surface area contributed by atoms with Crippen molar-refractivity contribution in [3.63, 3.8) is 0 Å². The van der Waals surface area contributed by atoms with E-state index in [9.17, 15) is 4.79 Å². The minimum atomic E-state index is 0.124. The number of anilines is 1. The van der Waals surface area contributed by atoms with Crippen LogP contribution in [-0.2, 0) is 4.79 Å². The number of pyridine rings is 1. The maximum absolute atomic E-state index is 11.2. The SMILES string of the molecule is CC(=O)N1CCN(c2cc(C)c(C#N)cn2)CC1. The third-order valence-corrected chi connectivity index (χ3v) is 3.27. The number of nitrogens with zero attached hydrogens (tertiary/aromatic N) is 4. The molecular formula is C13H16N4O. The molecule has 0 saturated carbocycles. The molecule has 5 nitrogen and oxygen atoms in total. The van der Waals surface area contributed by atoms with Gasteiger partial charge >= 0.3 is 0 Å². The average molecular weight is 244 g/mol. The number of amides is 1. The second kappa shape index (κ2) is 5.05. The maximum Gasteiger partial charge on any atom is 0.219 e. The van der Waals surface area contributed by atoms with E-state index in [1.807, 2.05) is 17.9 Å². The Balaban J connectivity index is 2.08. The molecule has 0 atom stereocenters. The van der Waals surface area contributed by atoms with Crippen LogP contribution in [0.3, 0.4) is 0 Å². The zero-order valence-corrected chi connectivity index (χ0v) is 10.7. The molecule has 2 rings (SSSR count). The highest BCUT2D eigenvalue weighted by atomic mass is 16.2. The lowest BCUT2D eigenvalue weighted by atomic mass is 10.1. The van der Waals surface area contributed by atoms with Crippen LogP contribution in [-0.4, -0.2) is 42.0 Å². The minimum Gasteiger partial charge on any atom is -0.353 e. The summed E-state index contributed by atoms with van der Waals surface area (Å²) >= 11 is 0. The van der Waals surface area contributed by atoms with Crippen molar-refractivity contribution < 1.29 is 4.79 Å². The van der Waals surface area contributed by atoms with Gasteiger partial charge in [-0.3, -0.25) is 4.79 Å². The predicted molar refractivity (Wildman–Crippen MR) is 68.2 cm³/mol. The Kier molecular flexibility index (Phi) is 3.47. The van der Waals surface area contributed by atoms with Crippen molar-refractivity contribution in [2.45, 2.75) is 13.8 Å². The van der Waals surface area contributed by atoms with Crippen molar-refractivity contribution in [3.05, 3.63) is 23.4 Å². The van der Waals surface area contributed by atoms with Crippen LogP contribution in [0.25, 0.3) is 0 Å². The Morgan fingerprint density at radius 1 is 1.39 bits per heavy atom. The molecule has 94 valence electrons. The summed E-state index contributed by atoms with van der Waals surface area (Å²) in [5.41, 5.74) is 1.55. The smallest absolute Gasteiger partial charge is 0.219 e. The number of nitriles is 1. The highest BCUT2D eigenvalue weighted by Crippen LogP contribution is 2.17. The van der Waals surface area contributed by atoms with Crippen LogP contribution >= 0.6 is 0 Å². The summed E-state index contributed by atoms with van der Waals surface area (Å²) in [7, 11) is 0. The molecule has 0 radical (unpaired) electrons. The third-order valence-electron chi connectivity index (χ3n) is 3.27. The molecule has 1 aromatic rings. The van der Waals surface area contributed by atoms with Gasteiger partial charge in [0.25, 0.3) is 0 Å². The highest BCUT2D eigenvalue weighted by molar-refractivity contribution is 5.73. The lowest BCUT2D eigenvalue weighted by molar-refractivity contribution is -0.129. The van der Waals surface area contributed by atoms with Crippen LogP contribution in [0.4, 0.5) is 5.82 Å². The zero-order valence-electron chi connectivity index (χ0n) is 10.7. The summed E-state index contributed by atoms with van der Waals surface area (Å²) in [6.07, 6.45) is 1.61. The van der Waals surface area contributed by atoms with Crippen LogP contribution < -0.4 is 4.90 Å². The van der Waals surface area contributed by atoms with Gasteiger partial charge in [-0.15, -0.1) is 0 Å². The van der Waals surface area contributed by atoms with Crippen LogP contribution in [0, 0.1) is 18.3 Å². The summed E-state index contributed by atoms with van der Waals surface area (Å²) < 4.78 is 0. The van der Waals surface area contributed by atoms with Gasteiger partial charge in [0.2, 0.25) is 5.91 Å². The van der Waals surface area contributed by atoms with Crippen LogP contribution in [0.1, 0.15) is 18.1 Å². The van der Waals surface area contributed by atoms with Crippen molar-refractivity contribution in [2.24, 2.45) is 0 Å². The highest BCUT2D eigenvalue weighted by Gasteiger charge is 2.19. The second-order valence-corrected chi connectivity index (χ2v) is 4.46. The molecule has 1 aromatic heterocycles. The molecule has 0 unspecified atom stereocenters. The van der Waals surface area contributed by atoms with E-state index in [0.29, 0.717) is 5.56 Å². The molecule has 0 spiro atoms. The molecule has 18 heavy (non-hydrogen) atoms. The molecule has 0 aromatic carbocycles. The Bertz CT molecular complexity index is 498. The van der Waals surface area contributed by atoms with Crippen LogP contribution in [0.2, 0.25) is 0 Å². The van der Waals surface area contributed by atoms with E-state index >= 15 is 0 Å². The summed E-state index contributed by atoms with van der Waals surface area (Å²) in [4.78, 5) is 19.5. The van der Waals surface area contributed by atoms with E-state index in [2.05, 4.69) is 16.0 Å². The first-order chi connectivity index (χ1) is 8.61. The molecule has 5 heteroatoms. The molecule has 1 aliphatic heterocycles. The molecule has 1 fully saturated rings. The molecular weight excluding hydrogens is 228 g/mol. The summed E-state index contributed by atoms with van der Waals surface area (Å²) in [5.74, 6) is 1.01. The van der Waals surface area contributed by atoms with Gasteiger partial charge in [0, 0.05) is 39.3 Å². The van der Waals surface area contributed by atoms with Crippen molar-refractivity contribution in [1.29, 1.82) is 5.26 Å². The van der Waals surface area contributed by atoms with Crippen LogP contribution in [0.15, 0.2) is 12.3 Å². The molecule has 0 bridgehead atoms. The van der Waals surface area contributed by atoms with Gasteiger partial charge in [0.15, 0.2) is 0 Å². The fraction of sp³-hybridized carbons (Fsp3) is 0.462. The van der Waals surface area contributed by atoms with E-state index in [4.69, 9.17) is 5.26 Å². The van der Waals surface area contributed by atoms with Gasteiger partial charge in [-0.1, -0.05) is 0 Å². The van der Waals surface area contributed by atoms with E-state index in [-0.39, 0.29) is 5.91 Å². The largest absolute Gasteiger partial charge is 0.353 e. The van der Waals surface area contributed by atoms with Gasteiger partial charge < -0.3 is 9.80 Å². The fourth-order valence-corrected chi connectivity index (χ4v) is 2.08. The molecule has 0 aliphatic carbocycles. The van der Waals surface area contributed by atoms with Crippen molar-refractivity contribution in [3.8, 4) is 6.07 Å². The number of rotatable bonds is 1. The summed E-state index contributed by atoms with van der Waals surface area (Å²) in [6, 6.07) is 4.05. The Morgan fingerprint density at radius 3 is 2.56 bits per heavy atom. The van der Waals surface area contributed by atoms with E-state index in [1.165, 1.54) is 0 Å².